The lowest BCUT2D eigenvalue weighted by molar-refractivity contribution is -0.309. The first-order valence-corrected chi connectivity index (χ1v) is 5.77. The lowest BCUT2D eigenvalue weighted by atomic mass is 10.1. The third kappa shape index (κ3) is 2.13. The van der Waals surface area contributed by atoms with Crippen LogP contribution in [-0.2, 0) is 14.2 Å². The third-order valence-corrected chi connectivity index (χ3v) is 2.98. The Labute approximate surface area is 100.0 Å². The average molecular weight is 236 g/mol. The van der Waals surface area contributed by atoms with Crippen LogP contribution in [0.1, 0.15) is 20.1 Å². The summed E-state index contributed by atoms with van der Waals surface area (Å²) >= 11 is 0. The standard InChI is InChI=1S/C12H16N2O3/c1-12(2)15-7-10-9(17-12)3-4-11(16-10)14-6-5-13-8-14/h3-6,8-11H,7H2,1-2H3. The molecule has 0 bridgehead atoms. The zero-order valence-corrected chi connectivity index (χ0v) is 9.95. The van der Waals surface area contributed by atoms with Crippen LogP contribution >= 0.6 is 0 Å². The second-order valence-electron chi connectivity index (χ2n) is 4.75. The van der Waals surface area contributed by atoms with Crippen molar-refractivity contribution in [1.29, 1.82) is 0 Å². The molecule has 5 heteroatoms. The van der Waals surface area contributed by atoms with E-state index in [1.54, 1.807) is 12.5 Å². The van der Waals surface area contributed by atoms with Gasteiger partial charge in [0.15, 0.2) is 12.0 Å². The molecule has 5 nitrogen and oxygen atoms in total. The molecular formula is C12H16N2O3. The van der Waals surface area contributed by atoms with E-state index in [1.807, 2.05) is 36.8 Å². The van der Waals surface area contributed by atoms with Crippen molar-refractivity contribution in [1.82, 2.24) is 9.55 Å². The molecule has 0 N–H and O–H groups in total. The van der Waals surface area contributed by atoms with Crippen LogP contribution in [0, 0.1) is 0 Å². The van der Waals surface area contributed by atoms with Crippen LogP contribution in [0.2, 0.25) is 0 Å². The van der Waals surface area contributed by atoms with Crippen molar-refractivity contribution in [2.45, 2.75) is 38.1 Å². The SMILES string of the molecule is CC1(C)OCC2OC(n3ccnc3)C=CC2O1. The van der Waals surface area contributed by atoms with Crippen LogP contribution in [0.15, 0.2) is 30.9 Å². The van der Waals surface area contributed by atoms with Gasteiger partial charge >= 0.3 is 0 Å². The van der Waals surface area contributed by atoms with E-state index in [9.17, 15) is 0 Å². The summed E-state index contributed by atoms with van der Waals surface area (Å²) in [6, 6.07) is 0. The van der Waals surface area contributed by atoms with E-state index in [0.717, 1.165) is 0 Å². The normalized spacial score (nSPS) is 35.5. The molecule has 3 heterocycles. The molecule has 2 aliphatic rings. The van der Waals surface area contributed by atoms with Crippen molar-refractivity contribution in [3.8, 4) is 0 Å². The van der Waals surface area contributed by atoms with Gasteiger partial charge in [-0.3, -0.25) is 0 Å². The Balaban J connectivity index is 1.76. The van der Waals surface area contributed by atoms with Gasteiger partial charge in [-0.2, -0.15) is 0 Å². The Morgan fingerprint density at radius 3 is 3.00 bits per heavy atom. The van der Waals surface area contributed by atoms with E-state index in [4.69, 9.17) is 14.2 Å². The van der Waals surface area contributed by atoms with Crippen molar-refractivity contribution in [2.24, 2.45) is 0 Å². The topological polar surface area (TPSA) is 45.5 Å². The third-order valence-electron chi connectivity index (χ3n) is 2.98. The molecule has 2 aliphatic heterocycles. The molecule has 1 saturated heterocycles. The molecule has 3 unspecified atom stereocenters. The van der Waals surface area contributed by atoms with Crippen LogP contribution < -0.4 is 0 Å². The second-order valence-corrected chi connectivity index (χ2v) is 4.75. The summed E-state index contributed by atoms with van der Waals surface area (Å²) in [5.74, 6) is -0.531. The fourth-order valence-corrected chi connectivity index (χ4v) is 2.11. The summed E-state index contributed by atoms with van der Waals surface area (Å²) < 4.78 is 19.2. The number of imidazole rings is 1. The van der Waals surface area contributed by atoms with E-state index in [0.29, 0.717) is 6.61 Å². The molecule has 1 aromatic rings. The Morgan fingerprint density at radius 1 is 1.35 bits per heavy atom. The molecule has 0 aromatic carbocycles. The first kappa shape index (κ1) is 11.0. The molecule has 0 amide bonds. The van der Waals surface area contributed by atoms with E-state index >= 15 is 0 Å². The van der Waals surface area contributed by atoms with Gasteiger partial charge in [0, 0.05) is 12.4 Å². The van der Waals surface area contributed by atoms with Crippen LogP contribution in [0.4, 0.5) is 0 Å². The minimum absolute atomic E-state index is 0.0291. The number of aromatic nitrogens is 2. The van der Waals surface area contributed by atoms with Gasteiger partial charge in [-0.05, 0) is 19.9 Å². The summed E-state index contributed by atoms with van der Waals surface area (Å²) in [5, 5.41) is 0. The summed E-state index contributed by atoms with van der Waals surface area (Å²) in [7, 11) is 0. The summed E-state index contributed by atoms with van der Waals surface area (Å²) in [4.78, 5) is 4.01. The lowest BCUT2D eigenvalue weighted by Gasteiger charge is -2.42. The number of rotatable bonds is 1. The average Bonchev–Trinajstić information content (AvgIpc) is 2.81. The fourth-order valence-electron chi connectivity index (χ4n) is 2.11. The molecule has 3 atom stereocenters. The highest BCUT2D eigenvalue weighted by atomic mass is 16.7. The fraction of sp³-hybridized carbons (Fsp3) is 0.583. The van der Waals surface area contributed by atoms with Crippen molar-refractivity contribution >= 4 is 0 Å². The molecule has 92 valence electrons. The van der Waals surface area contributed by atoms with Gasteiger partial charge in [0.25, 0.3) is 0 Å². The maximum atomic E-state index is 5.91. The smallest absolute Gasteiger partial charge is 0.163 e. The molecular weight excluding hydrogens is 220 g/mol. The van der Waals surface area contributed by atoms with Crippen LogP contribution in [-0.4, -0.2) is 34.2 Å². The molecule has 1 fully saturated rings. The van der Waals surface area contributed by atoms with Crippen LogP contribution in [0.25, 0.3) is 0 Å². The molecule has 17 heavy (non-hydrogen) atoms. The molecule has 0 aliphatic carbocycles. The van der Waals surface area contributed by atoms with Crippen molar-refractivity contribution in [3.05, 3.63) is 30.9 Å². The van der Waals surface area contributed by atoms with Gasteiger partial charge in [0.1, 0.15) is 12.2 Å². The Kier molecular flexibility index (Phi) is 2.54. The van der Waals surface area contributed by atoms with Gasteiger partial charge in [-0.15, -0.1) is 0 Å². The van der Waals surface area contributed by atoms with Gasteiger partial charge < -0.3 is 18.8 Å². The van der Waals surface area contributed by atoms with Crippen molar-refractivity contribution in [2.75, 3.05) is 6.61 Å². The zero-order chi connectivity index (χ0) is 11.9. The summed E-state index contributed by atoms with van der Waals surface area (Å²) in [6.07, 6.45) is 9.19. The number of hydrogen-bond donors (Lipinski definition) is 0. The van der Waals surface area contributed by atoms with Gasteiger partial charge in [0.2, 0.25) is 0 Å². The highest BCUT2D eigenvalue weighted by molar-refractivity contribution is 5.04. The quantitative estimate of drug-likeness (QED) is 0.693. The highest BCUT2D eigenvalue weighted by Crippen LogP contribution is 2.30. The maximum Gasteiger partial charge on any atom is 0.163 e. The predicted molar refractivity (Wildman–Crippen MR) is 60.2 cm³/mol. The van der Waals surface area contributed by atoms with Crippen molar-refractivity contribution in [3.63, 3.8) is 0 Å². The molecule has 1 aromatic heterocycles. The van der Waals surface area contributed by atoms with E-state index in [-0.39, 0.29) is 18.4 Å². The van der Waals surface area contributed by atoms with E-state index < -0.39 is 5.79 Å². The van der Waals surface area contributed by atoms with Gasteiger partial charge in [0.05, 0.1) is 12.9 Å². The van der Waals surface area contributed by atoms with Gasteiger partial charge in [-0.25, -0.2) is 4.98 Å². The number of nitrogens with zero attached hydrogens (tertiary/aromatic N) is 2. The number of ether oxygens (including phenoxy) is 3. The van der Waals surface area contributed by atoms with Gasteiger partial charge in [-0.1, -0.05) is 6.08 Å². The Morgan fingerprint density at radius 2 is 2.24 bits per heavy atom. The van der Waals surface area contributed by atoms with E-state index in [1.165, 1.54) is 0 Å². The maximum absolute atomic E-state index is 5.91. The summed E-state index contributed by atoms with van der Waals surface area (Å²) in [5.41, 5.74) is 0. The first-order valence-electron chi connectivity index (χ1n) is 5.77. The molecule has 0 spiro atoms. The minimum atomic E-state index is -0.531. The monoisotopic (exact) mass is 236 g/mol. The van der Waals surface area contributed by atoms with Crippen LogP contribution in [0.3, 0.4) is 0 Å². The zero-order valence-electron chi connectivity index (χ0n) is 9.95. The number of fused-ring (bicyclic) bond motifs is 1. The van der Waals surface area contributed by atoms with Crippen LogP contribution in [0.5, 0.6) is 0 Å². The first-order chi connectivity index (χ1) is 8.14. The van der Waals surface area contributed by atoms with E-state index in [2.05, 4.69) is 4.98 Å². The van der Waals surface area contributed by atoms with Crippen molar-refractivity contribution < 1.29 is 14.2 Å². The molecule has 3 rings (SSSR count). The molecule has 0 radical (unpaired) electrons. The summed E-state index contributed by atoms with van der Waals surface area (Å²) in [6.45, 7) is 4.38. The Bertz CT molecular complexity index is 413. The predicted octanol–water partition coefficient (Wildman–Crippen LogP) is 1.49. The largest absolute Gasteiger partial charge is 0.348 e. The molecule has 0 saturated carbocycles. The lowest BCUT2D eigenvalue weighted by Crippen LogP contribution is -2.50. The minimum Gasteiger partial charge on any atom is -0.348 e. The second kappa shape index (κ2) is 3.94. The highest BCUT2D eigenvalue weighted by Gasteiger charge is 2.38. The Hall–Kier alpha value is -1.17. The number of hydrogen-bond acceptors (Lipinski definition) is 4.